The number of para-hydroxylation sites is 1. The van der Waals surface area contributed by atoms with Gasteiger partial charge in [0, 0.05) is 46.2 Å². The highest BCUT2D eigenvalue weighted by Crippen LogP contribution is 2.46. The van der Waals surface area contributed by atoms with Crippen molar-refractivity contribution in [2.24, 2.45) is 0 Å². The Balaban J connectivity index is 1.27. The predicted molar refractivity (Wildman–Crippen MR) is 161 cm³/mol. The normalized spacial score (nSPS) is 16.3. The fraction of sp³-hybridized carbons (Fsp3) is 0.143. The number of aromatic amines is 1. The van der Waals surface area contributed by atoms with Crippen molar-refractivity contribution in [2.45, 2.75) is 32.6 Å². The van der Waals surface area contributed by atoms with Gasteiger partial charge < -0.3 is 9.40 Å². The number of H-pyrrole nitrogens is 1. The Labute approximate surface area is 226 Å². The first-order valence-electron chi connectivity index (χ1n) is 13.8. The second-order valence-corrected chi connectivity index (χ2v) is 10.5. The van der Waals surface area contributed by atoms with Crippen molar-refractivity contribution in [1.82, 2.24) is 14.5 Å². The number of aryl methyl sites for hydroxylation is 2. The lowest BCUT2D eigenvalue weighted by Gasteiger charge is -2.10. The molecule has 0 unspecified atom stereocenters. The van der Waals surface area contributed by atoms with Crippen LogP contribution >= 0.6 is 0 Å². The van der Waals surface area contributed by atoms with E-state index in [9.17, 15) is 0 Å². The zero-order valence-electron chi connectivity index (χ0n) is 21.9. The molecule has 0 radical (unpaired) electrons. The molecule has 0 saturated heterocycles. The van der Waals surface area contributed by atoms with E-state index >= 15 is 0 Å². The third-order valence-electron chi connectivity index (χ3n) is 8.32. The first-order valence-corrected chi connectivity index (χ1v) is 13.8. The van der Waals surface area contributed by atoms with Crippen molar-refractivity contribution in [3.8, 4) is 22.3 Å². The van der Waals surface area contributed by atoms with E-state index in [1.807, 2.05) is 25.3 Å². The number of furan rings is 1. The van der Waals surface area contributed by atoms with E-state index in [1.54, 1.807) is 0 Å². The number of aromatic nitrogens is 2. The van der Waals surface area contributed by atoms with Crippen LogP contribution in [0.2, 0.25) is 0 Å². The van der Waals surface area contributed by atoms with Gasteiger partial charge in [0.05, 0.1) is 11.1 Å². The molecule has 2 aliphatic rings. The van der Waals surface area contributed by atoms with Gasteiger partial charge >= 0.3 is 0 Å². The number of rotatable bonds is 2. The lowest BCUT2D eigenvalue weighted by Crippen LogP contribution is -2.21. The van der Waals surface area contributed by atoms with E-state index in [-0.39, 0.29) is 0 Å². The van der Waals surface area contributed by atoms with E-state index in [4.69, 9.17) is 4.42 Å². The summed E-state index contributed by atoms with van der Waals surface area (Å²) in [5.74, 6) is 0. The molecule has 1 aliphatic heterocycles. The average Bonchev–Trinajstić information content (AvgIpc) is 3.64. The zero-order valence-corrected chi connectivity index (χ0v) is 21.9. The van der Waals surface area contributed by atoms with Crippen LogP contribution in [-0.4, -0.2) is 16.2 Å². The molecule has 0 bridgehead atoms. The van der Waals surface area contributed by atoms with Gasteiger partial charge in [-0.15, -0.1) is 0 Å². The van der Waals surface area contributed by atoms with Gasteiger partial charge in [-0.05, 0) is 91.8 Å². The molecule has 0 spiro atoms. The van der Waals surface area contributed by atoms with Crippen LogP contribution in [0.4, 0.5) is 11.4 Å². The molecule has 0 fully saturated rings. The highest BCUT2D eigenvalue weighted by molar-refractivity contribution is 6.03. The van der Waals surface area contributed by atoms with E-state index in [1.165, 1.54) is 81.5 Å². The summed E-state index contributed by atoms with van der Waals surface area (Å²) in [5.41, 5.74) is 14.1. The fourth-order valence-electron chi connectivity index (χ4n) is 6.44. The van der Waals surface area contributed by atoms with Crippen molar-refractivity contribution in [3.63, 3.8) is 0 Å². The Bertz CT molecular complexity index is 2090. The number of hydrogen-bond donors (Lipinski definition) is 1. The molecule has 3 aromatic carbocycles. The number of benzene rings is 3. The molecule has 1 aliphatic carbocycles. The molecule has 0 saturated carbocycles. The predicted octanol–water partition coefficient (Wildman–Crippen LogP) is 7.02. The van der Waals surface area contributed by atoms with Crippen LogP contribution in [0, 0.1) is 0 Å². The summed E-state index contributed by atoms with van der Waals surface area (Å²) in [6, 6.07) is 26.2. The zero-order chi connectivity index (χ0) is 25.9. The van der Waals surface area contributed by atoms with Gasteiger partial charge in [-0.25, -0.2) is 0 Å². The van der Waals surface area contributed by atoms with Crippen LogP contribution in [0.25, 0.3) is 56.4 Å². The second kappa shape index (κ2) is 8.67. The van der Waals surface area contributed by atoms with Crippen LogP contribution in [0.3, 0.4) is 0 Å². The van der Waals surface area contributed by atoms with Crippen LogP contribution in [0.1, 0.15) is 31.0 Å². The van der Waals surface area contributed by atoms with Crippen LogP contribution in [0.5, 0.6) is 0 Å². The van der Waals surface area contributed by atoms with Crippen LogP contribution < -0.4 is 15.2 Å². The van der Waals surface area contributed by atoms with E-state index in [0.29, 0.717) is 0 Å². The number of hydrogen-bond acceptors (Lipinski definition) is 2. The van der Waals surface area contributed by atoms with E-state index in [0.717, 1.165) is 21.7 Å². The number of nitrogens with zero attached hydrogens (tertiary/aromatic N) is 2. The van der Waals surface area contributed by atoms with Gasteiger partial charge in [0.2, 0.25) is 11.4 Å². The molecule has 4 heteroatoms. The summed E-state index contributed by atoms with van der Waals surface area (Å²) in [4.78, 5) is 8.20. The van der Waals surface area contributed by atoms with Crippen LogP contribution in [0.15, 0.2) is 83.4 Å². The number of pyridine rings is 1. The topological polar surface area (TPSA) is 44.8 Å². The molecule has 8 rings (SSSR count). The first kappa shape index (κ1) is 22.3. The van der Waals surface area contributed by atoms with Crippen molar-refractivity contribution in [3.05, 3.63) is 101 Å². The minimum absolute atomic E-state index is 0.803. The molecule has 188 valence electrons. The molecule has 4 heterocycles. The SMILES string of the molecule is C/C=c1\c(=C/C=[N+]2c3ccccc3-c3cc(-c4ccc5[nH]c6c(c5c4)CCCC6)ccc32)oc2cccnc12. The monoisotopic (exact) mass is 506 g/mol. The first-order chi connectivity index (χ1) is 19.3. The standard InChI is InChI=1S/C35H28N3O/c1-2-24-33(39-34-12-7-18-36-35(24)34)17-19-38-31-11-6-4-9-26(31)28-21-23(14-16-32(28)38)22-13-15-30-27(20-22)25-8-3-5-10-29(25)37-30/h2,4,6-7,9,11-21,37H,3,5,8,10H2,1H3/q+1/b24-2+,33-17+,38-19?. The molecule has 0 atom stereocenters. The summed E-state index contributed by atoms with van der Waals surface area (Å²) in [5, 5.41) is 2.41. The Morgan fingerprint density at radius 1 is 0.872 bits per heavy atom. The maximum atomic E-state index is 6.16. The number of fused-ring (bicyclic) bond motifs is 7. The van der Waals surface area contributed by atoms with Gasteiger partial charge in [0.15, 0.2) is 11.8 Å². The minimum Gasteiger partial charge on any atom is -0.454 e. The lowest BCUT2D eigenvalue weighted by atomic mass is 9.93. The Morgan fingerprint density at radius 2 is 1.72 bits per heavy atom. The van der Waals surface area contributed by atoms with Crippen molar-refractivity contribution in [2.75, 3.05) is 0 Å². The van der Waals surface area contributed by atoms with Crippen molar-refractivity contribution >= 4 is 51.7 Å². The second-order valence-electron chi connectivity index (χ2n) is 10.5. The summed E-state index contributed by atoms with van der Waals surface area (Å²) in [6.07, 6.45) is 13.0. The Morgan fingerprint density at radius 3 is 2.67 bits per heavy atom. The molecule has 1 N–H and O–H groups in total. The summed E-state index contributed by atoms with van der Waals surface area (Å²) in [6.45, 7) is 2.03. The quantitative estimate of drug-likeness (QED) is 0.256. The molecule has 6 aromatic rings. The third-order valence-corrected chi connectivity index (χ3v) is 8.32. The largest absolute Gasteiger partial charge is 0.454 e. The molecule has 3 aromatic heterocycles. The maximum Gasteiger partial charge on any atom is 0.219 e. The molecule has 0 amide bonds. The maximum absolute atomic E-state index is 6.16. The molecular formula is C35H28N3O+. The van der Waals surface area contributed by atoms with Gasteiger partial charge in [0.1, 0.15) is 10.9 Å². The van der Waals surface area contributed by atoms with Gasteiger partial charge in [-0.1, -0.05) is 24.3 Å². The molecule has 39 heavy (non-hydrogen) atoms. The lowest BCUT2D eigenvalue weighted by molar-refractivity contribution is 0.576. The summed E-state index contributed by atoms with van der Waals surface area (Å²) in [7, 11) is 0. The fourth-order valence-corrected chi connectivity index (χ4v) is 6.44. The summed E-state index contributed by atoms with van der Waals surface area (Å²) >= 11 is 0. The highest BCUT2D eigenvalue weighted by atomic mass is 16.3. The molecule has 4 nitrogen and oxygen atoms in total. The van der Waals surface area contributed by atoms with Crippen molar-refractivity contribution < 1.29 is 4.42 Å². The minimum atomic E-state index is 0.803. The summed E-state index contributed by atoms with van der Waals surface area (Å²) < 4.78 is 8.43. The third kappa shape index (κ3) is 3.45. The van der Waals surface area contributed by atoms with Gasteiger partial charge in [-0.2, -0.15) is 4.58 Å². The Hall–Kier alpha value is -4.70. The van der Waals surface area contributed by atoms with Crippen LogP contribution in [-0.2, 0) is 12.8 Å². The Kier molecular flexibility index (Phi) is 4.96. The molecular weight excluding hydrogens is 478 g/mol. The van der Waals surface area contributed by atoms with E-state index < -0.39 is 0 Å². The van der Waals surface area contributed by atoms with E-state index in [2.05, 4.69) is 93.6 Å². The smallest absolute Gasteiger partial charge is 0.219 e. The highest BCUT2D eigenvalue weighted by Gasteiger charge is 2.31. The van der Waals surface area contributed by atoms with Gasteiger partial charge in [0.25, 0.3) is 0 Å². The van der Waals surface area contributed by atoms with Gasteiger partial charge in [-0.3, -0.25) is 4.98 Å². The average molecular weight is 507 g/mol. The van der Waals surface area contributed by atoms with Crippen molar-refractivity contribution in [1.29, 1.82) is 0 Å². The number of nitrogens with one attached hydrogen (secondary N) is 1.